The molecular weight excluding hydrogens is 435 g/mol. The number of benzene rings is 1. The molecule has 2 aromatic rings. The van der Waals surface area contributed by atoms with Crippen molar-refractivity contribution < 1.29 is 9.84 Å². The highest BCUT2D eigenvalue weighted by atomic mass is 127. The molecule has 0 saturated heterocycles. The van der Waals surface area contributed by atoms with E-state index >= 15 is 0 Å². The summed E-state index contributed by atoms with van der Waals surface area (Å²) < 4.78 is 5.31. The molecule has 0 aliphatic rings. The Morgan fingerprint density at radius 1 is 1.36 bits per heavy atom. The minimum atomic E-state index is -0.778. The topological polar surface area (TPSA) is 132 Å². The van der Waals surface area contributed by atoms with Crippen LogP contribution in [0.25, 0.3) is 0 Å². The van der Waals surface area contributed by atoms with Crippen LogP contribution in [0.2, 0.25) is 0 Å². The first-order valence-corrected chi connectivity index (χ1v) is 8.40. The van der Waals surface area contributed by atoms with E-state index in [4.69, 9.17) is 15.9 Å². The smallest absolute Gasteiger partial charge is 0.169 e. The Morgan fingerprint density at radius 3 is 2.68 bits per heavy atom. The molecule has 0 unspecified atom stereocenters. The lowest BCUT2D eigenvalue weighted by molar-refractivity contribution is -0.259. The first-order chi connectivity index (χ1) is 11.7. The maximum absolute atomic E-state index is 12.0. The standard InChI is InChI=1S/C16H19IN6O2/c1-16(2,3)25-15(24)23-14-11(12(17)19)13(20-8-21-14)22-10-6-4-5-9(18)7-10/h4-8,19H,18H2,1-3H3,(H2,20,21,22,23,24)/p-1. The zero-order valence-corrected chi connectivity index (χ0v) is 16.2. The number of nitrogens with two attached hydrogens (primary N) is 1. The largest absolute Gasteiger partial charge is 0.594 e. The van der Waals surface area contributed by atoms with Gasteiger partial charge in [0.15, 0.2) is 11.9 Å². The summed E-state index contributed by atoms with van der Waals surface area (Å²) in [6.45, 7) is 5.23. The quantitative estimate of drug-likeness (QED) is 0.282. The number of nitrogen functional groups attached to an aromatic ring is 1. The van der Waals surface area contributed by atoms with Crippen molar-refractivity contribution >= 4 is 55.4 Å². The summed E-state index contributed by atoms with van der Waals surface area (Å²) in [5.41, 5.74) is 6.68. The molecule has 8 nitrogen and oxygen atoms in total. The molecule has 2 rings (SSSR count). The Morgan fingerprint density at radius 2 is 2.08 bits per heavy atom. The third-order valence-corrected chi connectivity index (χ3v) is 3.33. The second-order valence-corrected chi connectivity index (χ2v) is 7.16. The van der Waals surface area contributed by atoms with Gasteiger partial charge in [0.05, 0.1) is 5.56 Å². The van der Waals surface area contributed by atoms with Gasteiger partial charge < -0.3 is 20.9 Å². The molecule has 0 aliphatic carbocycles. The number of nitrogens with zero attached hydrogens (tertiary/aromatic N) is 3. The van der Waals surface area contributed by atoms with E-state index in [-0.39, 0.29) is 9.54 Å². The monoisotopic (exact) mass is 453 g/mol. The fraction of sp³-hybridized carbons (Fsp3) is 0.250. The zero-order chi connectivity index (χ0) is 18.6. The highest BCUT2D eigenvalue weighted by molar-refractivity contribution is 14.1. The minimum Gasteiger partial charge on any atom is -0.594 e. The number of aromatic nitrogens is 2. The molecule has 0 atom stereocenters. The van der Waals surface area contributed by atoms with Crippen molar-refractivity contribution in [3.8, 4) is 0 Å². The number of anilines is 3. The summed E-state index contributed by atoms with van der Waals surface area (Å²) in [6, 6.07) is 7.09. The first kappa shape index (κ1) is 18.9. The number of hydrogen-bond donors (Lipinski definition) is 3. The number of nitrogens with one attached hydrogen (secondary N) is 2. The lowest BCUT2D eigenvalue weighted by atomic mass is 10.2. The fourth-order valence-corrected chi connectivity index (χ4v) is 2.38. The molecule has 0 radical (unpaired) electrons. The summed E-state index contributed by atoms with van der Waals surface area (Å²) in [5, 5.41) is 23.0. The van der Waals surface area contributed by atoms with Crippen LogP contribution in [-0.4, -0.2) is 25.4 Å². The van der Waals surface area contributed by atoms with E-state index in [2.05, 4.69) is 20.3 Å². The maximum Gasteiger partial charge on any atom is 0.169 e. The number of rotatable bonds is 4. The normalized spacial score (nSPS) is 11.9. The van der Waals surface area contributed by atoms with Gasteiger partial charge in [-0.1, -0.05) is 26.8 Å². The Balaban J connectivity index is 2.42. The Kier molecular flexibility index (Phi) is 5.77. The minimum absolute atomic E-state index is 0.0649. The SMILES string of the molecule is CC(C)(C)OC([O-])=Nc1ncnc(Nc2cccc(N)c2)c1C(=N)I. The Hall–Kier alpha value is -2.43. The molecule has 25 heavy (non-hydrogen) atoms. The van der Waals surface area contributed by atoms with E-state index in [1.54, 1.807) is 39.0 Å². The molecule has 0 bridgehead atoms. The van der Waals surface area contributed by atoms with Gasteiger partial charge in [0, 0.05) is 17.0 Å². The van der Waals surface area contributed by atoms with Crippen molar-refractivity contribution in [2.24, 2.45) is 4.99 Å². The molecule has 0 spiro atoms. The summed E-state index contributed by atoms with van der Waals surface area (Å²) in [7, 11) is 0. The van der Waals surface area contributed by atoms with Crippen LogP contribution >= 0.6 is 22.6 Å². The van der Waals surface area contributed by atoms with Gasteiger partial charge in [-0.05, 0) is 40.8 Å². The van der Waals surface area contributed by atoms with E-state index in [0.29, 0.717) is 22.8 Å². The van der Waals surface area contributed by atoms with E-state index in [1.807, 2.05) is 28.7 Å². The van der Waals surface area contributed by atoms with Crippen LogP contribution in [-0.2, 0) is 4.74 Å². The second-order valence-electron chi connectivity index (χ2n) is 6.08. The van der Waals surface area contributed by atoms with Gasteiger partial charge in [-0.15, -0.1) is 0 Å². The first-order valence-electron chi connectivity index (χ1n) is 7.32. The number of ether oxygens (including phenoxy) is 1. The lowest BCUT2D eigenvalue weighted by Crippen LogP contribution is -2.31. The van der Waals surface area contributed by atoms with Gasteiger partial charge in [0.2, 0.25) is 0 Å². The molecule has 0 amide bonds. The van der Waals surface area contributed by atoms with Crippen LogP contribution in [0, 0.1) is 5.41 Å². The molecule has 0 aliphatic heterocycles. The molecule has 0 fully saturated rings. The second kappa shape index (κ2) is 7.64. The van der Waals surface area contributed by atoms with E-state index in [9.17, 15) is 5.11 Å². The van der Waals surface area contributed by atoms with Crippen LogP contribution in [0.4, 0.5) is 23.0 Å². The average molecular weight is 453 g/mol. The van der Waals surface area contributed by atoms with Gasteiger partial charge in [-0.3, -0.25) is 5.41 Å². The summed E-state index contributed by atoms with van der Waals surface area (Å²) >= 11 is 1.81. The van der Waals surface area contributed by atoms with E-state index in [0.717, 1.165) is 0 Å². The van der Waals surface area contributed by atoms with Crippen molar-refractivity contribution in [2.75, 3.05) is 11.1 Å². The van der Waals surface area contributed by atoms with Crippen molar-refractivity contribution in [1.29, 1.82) is 5.41 Å². The molecule has 4 N–H and O–H groups in total. The highest BCUT2D eigenvalue weighted by Crippen LogP contribution is 2.28. The van der Waals surface area contributed by atoms with Gasteiger partial charge >= 0.3 is 0 Å². The Bertz CT molecular complexity index is 817. The number of halogens is 1. The fourth-order valence-electron chi connectivity index (χ4n) is 1.88. The van der Waals surface area contributed by atoms with Crippen LogP contribution in [0.5, 0.6) is 0 Å². The molecule has 1 heterocycles. The summed E-state index contributed by atoms with van der Waals surface area (Å²) in [5.74, 6) is 0.414. The Labute approximate surface area is 159 Å². The van der Waals surface area contributed by atoms with Crippen molar-refractivity contribution in [3.63, 3.8) is 0 Å². The van der Waals surface area contributed by atoms with Gasteiger partial charge in [0.25, 0.3) is 0 Å². The molecule has 9 heteroatoms. The highest BCUT2D eigenvalue weighted by Gasteiger charge is 2.15. The number of aliphatic imine (C=N–C) groups is 1. The molecule has 1 aromatic heterocycles. The lowest BCUT2D eigenvalue weighted by Gasteiger charge is -2.29. The maximum atomic E-state index is 12.0. The zero-order valence-electron chi connectivity index (χ0n) is 14.0. The van der Waals surface area contributed by atoms with Gasteiger partial charge in [-0.25, -0.2) is 15.0 Å². The van der Waals surface area contributed by atoms with Crippen LogP contribution < -0.4 is 16.2 Å². The summed E-state index contributed by atoms with van der Waals surface area (Å²) in [6.07, 6.45) is 0.487. The van der Waals surface area contributed by atoms with Crippen LogP contribution in [0.3, 0.4) is 0 Å². The molecule has 132 valence electrons. The molecule has 0 saturated carbocycles. The molecular formula is C16H18IN6O2-. The van der Waals surface area contributed by atoms with Crippen LogP contribution in [0.1, 0.15) is 26.3 Å². The summed E-state index contributed by atoms with van der Waals surface area (Å²) in [4.78, 5) is 12.0. The van der Waals surface area contributed by atoms with Crippen molar-refractivity contribution in [1.82, 2.24) is 9.97 Å². The predicted molar refractivity (Wildman–Crippen MR) is 105 cm³/mol. The average Bonchev–Trinajstić information content (AvgIpc) is 2.44. The predicted octanol–water partition coefficient (Wildman–Crippen LogP) is 2.73. The molecule has 1 aromatic carbocycles. The van der Waals surface area contributed by atoms with E-state index < -0.39 is 11.7 Å². The van der Waals surface area contributed by atoms with Crippen molar-refractivity contribution in [2.45, 2.75) is 26.4 Å². The third kappa shape index (κ3) is 5.55. The number of hydrogen-bond acceptors (Lipinski definition) is 8. The van der Waals surface area contributed by atoms with Crippen LogP contribution in [0.15, 0.2) is 35.6 Å². The van der Waals surface area contributed by atoms with E-state index in [1.165, 1.54) is 6.33 Å². The van der Waals surface area contributed by atoms with Crippen molar-refractivity contribution in [3.05, 3.63) is 36.2 Å². The third-order valence-electron chi connectivity index (χ3n) is 2.79. The van der Waals surface area contributed by atoms with Gasteiger partial charge in [-0.2, -0.15) is 0 Å². The van der Waals surface area contributed by atoms with Gasteiger partial charge in [0.1, 0.15) is 15.9 Å².